The smallest absolute Gasteiger partial charge is 0.274 e. The summed E-state index contributed by atoms with van der Waals surface area (Å²) in [7, 11) is 0. The van der Waals surface area contributed by atoms with E-state index in [0.717, 1.165) is 19.1 Å². The first-order chi connectivity index (χ1) is 16.9. The zero-order valence-electron chi connectivity index (χ0n) is 18.0. The quantitative estimate of drug-likeness (QED) is 0.186. The van der Waals surface area contributed by atoms with Gasteiger partial charge < -0.3 is 0 Å². The third-order valence-corrected chi connectivity index (χ3v) is 6.79. The van der Waals surface area contributed by atoms with Gasteiger partial charge >= 0.3 is 0 Å². The van der Waals surface area contributed by atoms with Crippen LogP contribution in [0.4, 0.5) is 15.2 Å². The topological polar surface area (TPSA) is 82.9 Å². The first-order valence-corrected chi connectivity index (χ1v) is 12.2. The first-order valence-electron chi connectivity index (χ1n) is 10.5. The minimum atomic E-state index is -0.498. The molecule has 2 heterocycles. The van der Waals surface area contributed by atoms with E-state index in [0.29, 0.717) is 21.9 Å². The Kier molecular flexibility index (Phi) is 6.23. The monoisotopic (exact) mass is 550 g/mol. The van der Waals surface area contributed by atoms with Gasteiger partial charge in [-0.05, 0) is 54.1 Å². The van der Waals surface area contributed by atoms with Crippen LogP contribution in [0.2, 0.25) is 0 Å². The lowest BCUT2D eigenvalue weighted by molar-refractivity contribution is -0.121. The molecular formula is C25H16BrFN4O3S. The lowest BCUT2D eigenvalue weighted by Gasteiger charge is -2.17. The Morgan fingerprint density at radius 3 is 2.54 bits per heavy atom. The van der Waals surface area contributed by atoms with Gasteiger partial charge in [-0.25, -0.2) is 9.37 Å². The van der Waals surface area contributed by atoms with Crippen molar-refractivity contribution in [3.8, 4) is 0 Å². The molecule has 0 saturated carbocycles. The number of aromatic nitrogens is 1. The molecule has 4 aromatic rings. The van der Waals surface area contributed by atoms with E-state index in [1.807, 2.05) is 18.2 Å². The number of hydrogen-bond acceptors (Lipinski definition) is 6. The highest BCUT2D eigenvalue weighted by molar-refractivity contribution is 9.10. The van der Waals surface area contributed by atoms with Crippen molar-refractivity contribution in [3.05, 3.63) is 88.1 Å². The molecule has 0 aliphatic carbocycles. The van der Waals surface area contributed by atoms with Gasteiger partial charge in [0.05, 0.1) is 22.1 Å². The Morgan fingerprint density at radius 2 is 1.80 bits per heavy atom. The third-order valence-electron chi connectivity index (χ3n) is 5.31. The zero-order valence-corrected chi connectivity index (χ0v) is 20.4. The van der Waals surface area contributed by atoms with Gasteiger partial charge in [0, 0.05) is 22.9 Å². The number of anilines is 2. The summed E-state index contributed by atoms with van der Waals surface area (Å²) in [6.45, 7) is 0. The Morgan fingerprint density at radius 1 is 1.06 bits per heavy atom. The van der Waals surface area contributed by atoms with Crippen molar-refractivity contribution in [2.45, 2.75) is 12.8 Å². The average Bonchev–Trinajstić information content (AvgIpc) is 3.42. The summed E-state index contributed by atoms with van der Waals surface area (Å²) in [6, 6.07) is 17.6. The van der Waals surface area contributed by atoms with Crippen molar-refractivity contribution < 1.29 is 18.8 Å². The summed E-state index contributed by atoms with van der Waals surface area (Å²) in [6.07, 6.45) is 1.73. The maximum absolute atomic E-state index is 13.6. The minimum absolute atomic E-state index is 0.145. The lowest BCUT2D eigenvalue weighted by atomic mass is 10.1. The van der Waals surface area contributed by atoms with Crippen molar-refractivity contribution in [1.82, 2.24) is 4.98 Å². The van der Waals surface area contributed by atoms with E-state index in [-0.39, 0.29) is 36.0 Å². The van der Waals surface area contributed by atoms with Crippen LogP contribution in [0.1, 0.15) is 28.8 Å². The van der Waals surface area contributed by atoms with Crippen LogP contribution in [0.25, 0.3) is 10.2 Å². The minimum Gasteiger partial charge on any atom is -0.274 e. The van der Waals surface area contributed by atoms with E-state index < -0.39 is 5.91 Å². The average molecular weight is 551 g/mol. The second-order valence-electron chi connectivity index (χ2n) is 7.69. The van der Waals surface area contributed by atoms with E-state index in [2.05, 4.69) is 26.0 Å². The van der Waals surface area contributed by atoms with E-state index in [1.165, 1.54) is 35.8 Å². The second kappa shape index (κ2) is 9.47. The molecule has 0 N–H and O–H groups in total. The number of amides is 3. The molecular weight excluding hydrogens is 535 g/mol. The molecule has 0 radical (unpaired) electrons. The number of carbonyl (C=O) groups is 3. The molecule has 35 heavy (non-hydrogen) atoms. The van der Waals surface area contributed by atoms with Crippen molar-refractivity contribution in [1.29, 1.82) is 0 Å². The summed E-state index contributed by atoms with van der Waals surface area (Å²) in [5.74, 6) is -1.48. The standard InChI is InChI=1S/C25H16BrFN4O3S/c26-17-6-9-20-21(13-17)35-25(29-20)31(28-14-15-4-7-18(27)8-5-15)24(34)16-2-1-3-19(12-16)30-22(32)10-11-23(30)33/h1-9,12-14H,10-11H2/b28-14+. The lowest BCUT2D eigenvalue weighted by Crippen LogP contribution is -2.29. The number of nitrogens with zero attached hydrogens (tertiary/aromatic N) is 4. The fourth-order valence-corrected chi connectivity index (χ4v) is 5.08. The van der Waals surface area contributed by atoms with Crippen LogP contribution in [0.3, 0.4) is 0 Å². The Bertz CT molecular complexity index is 1490. The number of hydrogen-bond donors (Lipinski definition) is 0. The largest absolute Gasteiger partial charge is 0.280 e. The fraction of sp³-hybridized carbons (Fsp3) is 0.0800. The van der Waals surface area contributed by atoms with Crippen molar-refractivity contribution >= 4 is 72.2 Å². The highest BCUT2D eigenvalue weighted by Gasteiger charge is 2.31. The summed E-state index contributed by atoms with van der Waals surface area (Å²) in [5.41, 5.74) is 1.85. The molecule has 1 aliphatic heterocycles. The molecule has 1 saturated heterocycles. The number of halogens is 2. The van der Waals surface area contributed by atoms with Gasteiger partial charge in [-0.2, -0.15) is 10.1 Å². The molecule has 3 amide bonds. The van der Waals surface area contributed by atoms with Crippen molar-refractivity contribution in [2.24, 2.45) is 5.10 Å². The first kappa shape index (κ1) is 23.0. The normalized spacial score (nSPS) is 13.8. The number of rotatable bonds is 5. The zero-order chi connectivity index (χ0) is 24.5. The molecule has 1 aromatic heterocycles. The van der Waals surface area contributed by atoms with Gasteiger partial charge in [-0.3, -0.25) is 19.3 Å². The Hall–Kier alpha value is -3.76. The van der Waals surface area contributed by atoms with Gasteiger partial charge in [0.1, 0.15) is 5.82 Å². The molecule has 3 aromatic carbocycles. The predicted molar refractivity (Wildman–Crippen MR) is 136 cm³/mol. The molecule has 0 bridgehead atoms. The molecule has 1 fully saturated rings. The van der Waals surface area contributed by atoms with Crippen LogP contribution in [0.5, 0.6) is 0 Å². The highest BCUT2D eigenvalue weighted by Crippen LogP contribution is 2.32. The third kappa shape index (κ3) is 4.75. The fourth-order valence-electron chi connectivity index (χ4n) is 3.60. The SMILES string of the molecule is O=C(c1cccc(N2C(=O)CCC2=O)c1)N(/N=C/c1ccc(F)cc1)c1nc2ccc(Br)cc2s1. The van der Waals surface area contributed by atoms with Crippen LogP contribution in [-0.2, 0) is 9.59 Å². The molecule has 7 nitrogen and oxygen atoms in total. The molecule has 0 atom stereocenters. The number of imide groups is 1. The van der Waals surface area contributed by atoms with Crippen LogP contribution in [-0.4, -0.2) is 28.9 Å². The number of fused-ring (bicyclic) bond motifs is 1. The Labute approximate surface area is 211 Å². The number of benzene rings is 3. The van der Waals surface area contributed by atoms with Crippen LogP contribution < -0.4 is 9.91 Å². The van der Waals surface area contributed by atoms with Crippen molar-refractivity contribution in [2.75, 3.05) is 9.91 Å². The van der Waals surface area contributed by atoms with Crippen LogP contribution in [0, 0.1) is 5.82 Å². The molecule has 0 unspecified atom stereocenters. The maximum atomic E-state index is 13.6. The number of carbonyl (C=O) groups excluding carboxylic acids is 3. The number of thiazole rings is 1. The summed E-state index contributed by atoms with van der Waals surface area (Å²) in [5, 5.41) is 5.86. The molecule has 0 spiro atoms. The van der Waals surface area contributed by atoms with E-state index >= 15 is 0 Å². The molecule has 5 rings (SSSR count). The van der Waals surface area contributed by atoms with Crippen LogP contribution in [0.15, 0.2) is 76.3 Å². The maximum Gasteiger partial charge on any atom is 0.280 e. The summed E-state index contributed by atoms with van der Waals surface area (Å²) in [4.78, 5) is 43.6. The summed E-state index contributed by atoms with van der Waals surface area (Å²) < 4.78 is 15.0. The van der Waals surface area contributed by atoms with Crippen LogP contribution >= 0.6 is 27.3 Å². The van der Waals surface area contributed by atoms with E-state index in [9.17, 15) is 18.8 Å². The molecule has 1 aliphatic rings. The van der Waals surface area contributed by atoms with E-state index in [1.54, 1.807) is 30.3 Å². The van der Waals surface area contributed by atoms with Crippen molar-refractivity contribution in [3.63, 3.8) is 0 Å². The van der Waals surface area contributed by atoms with Gasteiger partial charge in [0.15, 0.2) is 0 Å². The summed E-state index contributed by atoms with van der Waals surface area (Å²) >= 11 is 4.72. The van der Waals surface area contributed by atoms with Gasteiger partial charge in [0.2, 0.25) is 16.9 Å². The van der Waals surface area contributed by atoms with Gasteiger partial charge in [-0.1, -0.05) is 45.5 Å². The number of hydrazone groups is 1. The molecule has 10 heteroatoms. The molecule has 174 valence electrons. The predicted octanol–water partition coefficient (Wildman–Crippen LogP) is 5.53. The van der Waals surface area contributed by atoms with E-state index in [4.69, 9.17) is 0 Å². The van der Waals surface area contributed by atoms with Gasteiger partial charge in [0.25, 0.3) is 5.91 Å². The Balaban J connectivity index is 1.54. The second-order valence-corrected chi connectivity index (χ2v) is 9.62. The van der Waals surface area contributed by atoms with Gasteiger partial charge in [-0.15, -0.1) is 0 Å². The highest BCUT2D eigenvalue weighted by atomic mass is 79.9.